The number of fused-ring (bicyclic) bond motifs is 1. The summed E-state index contributed by atoms with van der Waals surface area (Å²) in [5, 5.41) is 11.8. The summed E-state index contributed by atoms with van der Waals surface area (Å²) in [5.74, 6) is 0.0136. The van der Waals surface area contributed by atoms with Crippen molar-refractivity contribution in [2.24, 2.45) is 4.99 Å². The molecule has 0 saturated heterocycles. The molecule has 5 nitrogen and oxygen atoms in total. The predicted octanol–water partition coefficient (Wildman–Crippen LogP) is 5.47. The van der Waals surface area contributed by atoms with E-state index in [0.29, 0.717) is 22.2 Å². The van der Waals surface area contributed by atoms with Crippen LogP contribution in [0.4, 0.5) is 18.9 Å². The van der Waals surface area contributed by atoms with Crippen molar-refractivity contribution in [2.45, 2.75) is 6.18 Å². The number of hydrogen-bond acceptors (Lipinski definition) is 4. The van der Waals surface area contributed by atoms with Crippen LogP contribution in [0, 0.1) is 0 Å². The van der Waals surface area contributed by atoms with Gasteiger partial charge in [0.05, 0.1) is 29.6 Å². The van der Waals surface area contributed by atoms with Gasteiger partial charge < -0.3 is 9.84 Å². The lowest BCUT2D eigenvalue weighted by Gasteiger charge is -2.16. The molecular formula is C24H17F3N2O3. The Kier molecular flexibility index (Phi) is 5.44. The van der Waals surface area contributed by atoms with E-state index in [1.54, 1.807) is 48.5 Å². The van der Waals surface area contributed by atoms with Gasteiger partial charge in [-0.25, -0.2) is 4.57 Å². The van der Waals surface area contributed by atoms with Crippen LogP contribution in [0.1, 0.15) is 11.1 Å². The van der Waals surface area contributed by atoms with Gasteiger partial charge in [-0.05, 0) is 42.5 Å². The zero-order valence-corrected chi connectivity index (χ0v) is 16.8. The Morgan fingerprint density at radius 3 is 2.22 bits per heavy atom. The van der Waals surface area contributed by atoms with Gasteiger partial charge in [0, 0.05) is 17.0 Å². The summed E-state index contributed by atoms with van der Waals surface area (Å²) in [7, 11) is 1.45. The van der Waals surface area contributed by atoms with Crippen LogP contribution < -0.4 is 10.3 Å². The van der Waals surface area contributed by atoms with Crippen molar-refractivity contribution in [3.05, 3.63) is 94.3 Å². The molecule has 8 heteroatoms. The molecule has 0 bridgehead atoms. The molecule has 0 saturated carbocycles. The second-order valence-corrected chi connectivity index (χ2v) is 6.90. The molecule has 0 unspecified atom stereocenters. The third kappa shape index (κ3) is 3.82. The Labute approximate surface area is 180 Å². The zero-order valence-electron chi connectivity index (χ0n) is 16.8. The predicted molar refractivity (Wildman–Crippen MR) is 116 cm³/mol. The minimum Gasteiger partial charge on any atom is -0.495 e. The lowest BCUT2D eigenvalue weighted by Crippen LogP contribution is -2.20. The number of aromatic hydroxyl groups is 1. The van der Waals surface area contributed by atoms with Gasteiger partial charge in [0.15, 0.2) is 0 Å². The Morgan fingerprint density at radius 2 is 1.56 bits per heavy atom. The maximum absolute atomic E-state index is 13.2. The molecule has 0 spiro atoms. The first kappa shape index (κ1) is 21.2. The van der Waals surface area contributed by atoms with Crippen LogP contribution in [0.25, 0.3) is 16.5 Å². The monoisotopic (exact) mass is 438 g/mol. The molecule has 4 rings (SSSR count). The molecule has 162 valence electrons. The largest absolute Gasteiger partial charge is 0.495 e. The van der Waals surface area contributed by atoms with Gasteiger partial charge in [0.1, 0.15) is 5.75 Å². The number of ether oxygens (including phenoxy) is 1. The highest BCUT2D eigenvalue weighted by molar-refractivity contribution is 6.02. The first-order chi connectivity index (χ1) is 15.3. The van der Waals surface area contributed by atoms with Crippen molar-refractivity contribution < 1.29 is 23.0 Å². The summed E-state index contributed by atoms with van der Waals surface area (Å²) in [6.45, 7) is 0. The number of halogens is 3. The number of benzene rings is 3. The number of methoxy groups -OCH3 is 1. The highest BCUT2D eigenvalue weighted by Crippen LogP contribution is 2.32. The van der Waals surface area contributed by atoms with Gasteiger partial charge >= 0.3 is 6.18 Å². The van der Waals surface area contributed by atoms with E-state index < -0.39 is 17.3 Å². The van der Waals surface area contributed by atoms with Gasteiger partial charge in [-0.15, -0.1) is 0 Å². The number of rotatable bonds is 4. The summed E-state index contributed by atoms with van der Waals surface area (Å²) in [5.41, 5.74) is -0.390. The molecule has 0 amide bonds. The number of aliphatic imine (C=N–C) groups is 1. The van der Waals surface area contributed by atoms with Crippen LogP contribution >= 0.6 is 0 Å². The zero-order chi connectivity index (χ0) is 22.9. The molecule has 1 N–H and O–H groups in total. The molecule has 4 aromatic rings. The van der Waals surface area contributed by atoms with Gasteiger partial charge in [-0.1, -0.05) is 30.3 Å². The third-order valence-corrected chi connectivity index (χ3v) is 4.97. The van der Waals surface area contributed by atoms with Crippen molar-refractivity contribution in [1.82, 2.24) is 4.57 Å². The van der Waals surface area contributed by atoms with Gasteiger partial charge in [0.2, 0.25) is 5.88 Å². The Morgan fingerprint density at radius 1 is 0.938 bits per heavy atom. The van der Waals surface area contributed by atoms with Crippen molar-refractivity contribution in [3.8, 4) is 17.3 Å². The van der Waals surface area contributed by atoms with E-state index in [2.05, 4.69) is 4.99 Å². The lowest BCUT2D eigenvalue weighted by atomic mass is 10.1. The van der Waals surface area contributed by atoms with Gasteiger partial charge in [0.25, 0.3) is 5.56 Å². The lowest BCUT2D eigenvalue weighted by molar-refractivity contribution is -0.137. The van der Waals surface area contributed by atoms with Crippen molar-refractivity contribution >= 4 is 22.7 Å². The molecule has 0 radical (unpaired) electrons. The van der Waals surface area contributed by atoms with Crippen molar-refractivity contribution in [3.63, 3.8) is 0 Å². The van der Waals surface area contributed by atoms with E-state index in [1.807, 2.05) is 0 Å². The van der Waals surface area contributed by atoms with E-state index in [4.69, 9.17) is 4.74 Å². The Bertz CT molecular complexity index is 1370. The summed E-state index contributed by atoms with van der Waals surface area (Å²) in [6.07, 6.45) is -3.12. The van der Waals surface area contributed by atoms with E-state index in [9.17, 15) is 23.1 Å². The average Bonchev–Trinajstić information content (AvgIpc) is 2.79. The average molecular weight is 438 g/mol. The van der Waals surface area contributed by atoms with Gasteiger partial charge in [-0.2, -0.15) is 13.2 Å². The Hall–Kier alpha value is -4.07. The normalized spacial score (nSPS) is 11.9. The van der Waals surface area contributed by atoms with E-state index in [0.717, 1.165) is 16.7 Å². The molecular weight excluding hydrogens is 421 g/mol. The molecule has 0 fully saturated rings. The molecule has 0 aliphatic carbocycles. The Balaban J connectivity index is 1.90. The smallest absolute Gasteiger partial charge is 0.416 e. The fraction of sp³-hybridized carbons (Fsp3) is 0.0833. The highest BCUT2D eigenvalue weighted by atomic mass is 19.4. The minimum absolute atomic E-state index is 0.242. The first-order valence-corrected chi connectivity index (χ1v) is 9.52. The topological polar surface area (TPSA) is 63.8 Å². The maximum atomic E-state index is 13.2. The van der Waals surface area contributed by atoms with E-state index in [-0.39, 0.29) is 17.1 Å². The second-order valence-electron chi connectivity index (χ2n) is 6.90. The van der Waals surface area contributed by atoms with Crippen LogP contribution in [0.2, 0.25) is 0 Å². The summed E-state index contributed by atoms with van der Waals surface area (Å²) >= 11 is 0. The molecule has 3 aromatic carbocycles. The number of alkyl halides is 3. The molecule has 0 aliphatic heterocycles. The number of hydrogen-bond donors (Lipinski definition) is 1. The molecule has 1 aromatic heterocycles. The fourth-order valence-corrected chi connectivity index (χ4v) is 3.40. The minimum atomic E-state index is -4.44. The van der Waals surface area contributed by atoms with E-state index >= 15 is 0 Å². The van der Waals surface area contributed by atoms with E-state index in [1.165, 1.54) is 25.5 Å². The van der Waals surface area contributed by atoms with Crippen LogP contribution in [-0.2, 0) is 6.18 Å². The standard InChI is InChI=1S/C24H17F3N2O3/c1-32-21-9-5-4-8-20(21)29-22(30)18-7-3-2-6-17(18)19(23(29)31)14-28-16-12-10-15(11-13-16)24(25,26)27/h2-14,31H,1H3. The van der Waals surface area contributed by atoms with Crippen LogP contribution in [-0.4, -0.2) is 23.0 Å². The molecule has 0 atom stereocenters. The number of para-hydroxylation sites is 2. The summed E-state index contributed by atoms with van der Waals surface area (Å²) in [4.78, 5) is 17.4. The molecule has 1 heterocycles. The molecule has 0 aliphatic rings. The fourth-order valence-electron chi connectivity index (χ4n) is 3.40. The second kappa shape index (κ2) is 8.22. The number of aromatic nitrogens is 1. The van der Waals surface area contributed by atoms with Crippen molar-refractivity contribution in [1.29, 1.82) is 0 Å². The SMILES string of the molecule is COc1ccccc1-n1c(O)c(C=Nc2ccc(C(F)(F)F)cc2)c2ccccc2c1=O. The number of pyridine rings is 1. The van der Waals surface area contributed by atoms with Gasteiger partial charge in [-0.3, -0.25) is 9.79 Å². The third-order valence-electron chi connectivity index (χ3n) is 4.97. The highest BCUT2D eigenvalue weighted by Gasteiger charge is 2.29. The summed E-state index contributed by atoms with van der Waals surface area (Å²) < 4.78 is 44.8. The maximum Gasteiger partial charge on any atom is 0.416 e. The van der Waals surface area contributed by atoms with Crippen molar-refractivity contribution in [2.75, 3.05) is 7.11 Å². The van der Waals surface area contributed by atoms with Crippen LogP contribution in [0.5, 0.6) is 11.6 Å². The van der Waals surface area contributed by atoms with Crippen LogP contribution in [0.15, 0.2) is 82.6 Å². The van der Waals surface area contributed by atoms with Crippen LogP contribution in [0.3, 0.4) is 0 Å². The molecule has 32 heavy (non-hydrogen) atoms. The summed E-state index contributed by atoms with van der Waals surface area (Å²) in [6, 6.07) is 17.7. The number of nitrogens with zero attached hydrogens (tertiary/aromatic N) is 2. The first-order valence-electron chi connectivity index (χ1n) is 9.52. The quantitative estimate of drug-likeness (QED) is 0.430.